The Morgan fingerprint density at radius 1 is 1.25 bits per heavy atom. The van der Waals surface area contributed by atoms with Crippen molar-refractivity contribution in [3.05, 3.63) is 95.2 Å². The summed E-state index contributed by atoms with van der Waals surface area (Å²) in [5.74, 6) is 0.479. The van der Waals surface area contributed by atoms with Crippen molar-refractivity contribution in [3.8, 4) is 0 Å². The normalized spacial score (nSPS) is 14.2. The van der Waals surface area contributed by atoms with E-state index in [0.717, 1.165) is 40.8 Å². The lowest BCUT2D eigenvalue weighted by atomic mass is 9.77. The van der Waals surface area contributed by atoms with E-state index in [1.54, 1.807) is 6.21 Å². The highest BCUT2D eigenvalue weighted by molar-refractivity contribution is 5.71. The van der Waals surface area contributed by atoms with Gasteiger partial charge >= 0.3 is 0 Å². The first-order chi connectivity index (χ1) is 15.5. The largest absolute Gasteiger partial charge is 0.382 e. The molecule has 166 valence electrons. The Kier molecular flexibility index (Phi) is 7.77. The molecule has 0 radical (unpaired) electrons. The van der Waals surface area contributed by atoms with E-state index in [2.05, 4.69) is 35.9 Å². The van der Waals surface area contributed by atoms with E-state index in [0.29, 0.717) is 24.4 Å². The van der Waals surface area contributed by atoms with Crippen LogP contribution in [0.2, 0.25) is 0 Å². The van der Waals surface area contributed by atoms with E-state index in [1.807, 2.05) is 48.4 Å². The Morgan fingerprint density at radius 3 is 2.66 bits per heavy atom. The molecule has 0 atom stereocenters. The third kappa shape index (κ3) is 5.22. The highest BCUT2D eigenvalue weighted by Gasteiger charge is 2.26. The topological polar surface area (TPSA) is 54.0 Å². The molecular weight excluding hydrogens is 399 g/mol. The molecular formula is C27H31FN4. The van der Waals surface area contributed by atoms with Gasteiger partial charge in [0.25, 0.3) is 0 Å². The van der Waals surface area contributed by atoms with Crippen LogP contribution in [0.3, 0.4) is 0 Å². The van der Waals surface area contributed by atoms with Crippen molar-refractivity contribution in [2.24, 2.45) is 15.7 Å². The van der Waals surface area contributed by atoms with Gasteiger partial charge in [-0.1, -0.05) is 62.1 Å². The number of rotatable bonds is 10. The second-order valence-corrected chi connectivity index (χ2v) is 8.08. The lowest BCUT2D eigenvalue weighted by Gasteiger charge is -2.31. The maximum atomic E-state index is 15.7. The summed E-state index contributed by atoms with van der Waals surface area (Å²) in [6.45, 7) is 12.0. The maximum absolute atomic E-state index is 15.7. The first kappa shape index (κ1) is 23.2. The standard InChI is InChI=1S/C27H31FN4/c1-5-20-9-6-7-12-23(20)19(2)32(4)18-25-24(21-10-8-11-21)14-13-22(27(25)28)15-16-31-26(29)17-30-3/h5-7,9,12-14,16-17,21H,1-3,8,10-11,15,18,29H2,4H3/b26-17-,31-16-. The molecule has 0 bridgehead atoms. The number of hydrogen-bond donors (Lipinski definition) is 1. The van der Waals surface area contributed by atoms with Crippen LogP contribution in [0.25, 0.3) is 11.8 Å². The Hall–Kier alpha value is -3.47. The van der Waals surface area contributed by atoms with E-state index >= 15 is 4.39 Å². The van der Waals surface area contributed by atoms with Crippen molar-refractivity contribution >= 4 is 24.7 Å². The Morgan fingerprint density at radius 2 is 2.00 bits per heavy atom. The molecule has 1 aliphatic carbocycles. The van der Waals surface area contributed by atoms with Crippen LogP contribution in [0.1, 0.15) is 53.0 Å². The van der Waals surface area contributed by atoms with Crippen molar-refractivity contribution in [1.29, 1.82) is 0 Å². The molecule has 0 heterocycles. The number of nitrogens with two attached hydrogens (primary N) is 1. The average Bonchev–Trinajstić information content (AvgIpc) is 2.75. The fraction of sp³-hybridized carbons (Fsp3) is 0.259. The van der Waals surface area contributed by atoms with Gasteiger partial charge in [0.05, 0.1) is 6.20 Å². The van der Waals surface area contributed by atoms with Gasteiger partial charge < -0.3 is 10.6 Å². The van der Waals surface area contributed by atoms with E-state index in [9.17, 15) is 0 Å². The zero-order valence-electron chi connectivity index (χ0n) is 18.7. The quantitative estimate of drug-likeness (QED) is 0.476. The number of nitrogens with zero attached hydrogens (tertiary/aromatic N) is 3. The number of benzene rings is 2. The number of hydrogen-bond acceptors (Lipinski definition) is 4. The van der Waals surface area contributed by atoms with Gasteiger partial charge in [0.2, 0.25) is 0 Å². The predicted molar refractivity (Wildman–Crippen MR) is 134 cm³/mol. The van der Waals surface area contributed by atoms with Crippen molar-refractivity contribution < 1.29 is 4.39 Å². The molecule has 2 aromatic rings. The van der Waals surface area contributed by atoms with Crippen LogP contribution in [-0.4, -0.2) is 24.9 Å². The Bertz CT molecular complexity index is 1060. The number of halogens is 1. The van der Waals surface area contributed by atoms with Crippen molar-refractivity contribution in [3.63, 3.8) is 0 Å². The Labute approximate surface area is 190 Å². The summed E-state index contributed by atoms with van der Waals surface area (Å²) in [6.07, 6.45) is 8.53. The molecule has 0 aliphatic heterocycles. The van der Waals surface area contributed by atoms with E-state index in [4.69, 9.17) is 5.73 Å². The first-order valence-electron chi connectivity index (χ1n) is 10.8. The van der Waals surface area contributed by atoms with Gasteiger partial charge in [0, 0.05) is 43.1 Å². The molecule has 0 unspecified atom stereocenters. The molecule has 32 heavy (non-hydrogen) atoms. The average molecular weight is 431 g/mol. The molecule has 1 saturated carbocycles. The third-order valence-corrected chi connectivity index (χ3v) is 6.03. The van der Waals surface area contributed by atoms with E-state index < -0.39 is 0 Å². The van der Waals surface area contributed by atoms with E-state index in [-0.39, 0.29) is 11.6 Å². The summed E-state index contributed by atoms with van der Waals surface area (Å²) in [5, 5.41) is 0. The fourth-order valence-electron chi connectivity index (χ4n) is 3.96. The molecule has 0 aromatic heterocycles. The molecule has 1 aliphatic rings. The summed E-state index contributed by atoms with van der Waals surface area (Å²) in [6, 6.07) is 11.9. The van der Waals surface area contributed by atoms with Gasteiger partial charge in [-0.3, -0.25) is 4.99 Å². The van der Waals surface area contributed by atoms with Crippen LogP contribution in [0.15, 0.2) is 71.6 Å². The van der Waals surface area contributed by atoms with Gasteiger partial charge in [-0.25, -0.2) is 9.38 Å². The van der Waals surface area contributed by atoms with Gasteiger partial charge in [0.1, 0.15) is 11.6 Å². The summed E-state index contributed by atoms with van der Waals surface area (Å²) in [7, 11) is 1.95. The van der Waals surface area contributed by atoms with Crippen LogP contribution < -0.4 is 5.73 Å². The van der Waals surface area contributed by atoms with Crippen molar-refractivity contribution in [1.82, 2.24) is 4.90 Å². The zero-order valence-corrected chi connectivity index (χ0v) is 18.7. The fourth-order valence-corrected chi connectivity index (χ4v) is 3.96. The van der Waals surface area contributed by atoms with Crippen LogP contribution in [0, 0.1) is 5.82 Å². The predicted octanol–water partition coefficient (Wildman–Crippen LogP) is 5.91. The highest BCUT2D eigenvalue weighted by Crippen LogP contribution is 2.40. The first-order valence-corrected chi connectivity index (χ1v) is 10.8. The smallest absolute Gasteiger partial charge is 0.141 e. The SMILES string of the molecule is C=Cc1ccccc1C(=C)N(C)Cc1c(C2CCC2)ccc(C/C=N\C(N)=C/N=C)c1F. The van der Waals surface area contributed by atoms with Crippen LogP contribution in [0.5, 0.6) is 0 Å². The molecule has 0 saturated heterocycles. The van der Waals surface area contributed by atoms with E-state index in [1.165, 1.54) is 12.6 Å². The van der Waals surface area contributed by atoms with Crippen molar-refractivity contribution in [2.75, 3.05) is 7.05 Å². The van der Waals surface area contributed by atoms with Gasteiger partial charge in [-0.05, 0) is 42.2 Å². The molecule has 2 N–H and O–H groups in total. The Balaban J connectivity index is 1.89. The van der Waals surface area contributed by atoms with Crippen LogP contribution in [-0.2, 0) is 13.0 Å². The summed E-state index contributed by atoms with van der Waals surface area (Å²) >= 11 is 0. The van der Waals surface area contributed by atoms with Crippen molar-refractivity contribution in [2.45, 2.75) is 38.1 Å². The molecule has 4 nitrogen and oxygen atoms in total. The minimum Gasteiger partial charge on any atom is -0.382 e. The number of aliphatic imine (C=N–C) groups is 2. The maximum Gasteiger partial charge on any atom is 0.141 e. The van der Waals surface area contributed by atoms with Gasteiger partial charge in [-0.2, -0.15) is 0 Å². The molecule has 2 aromatic carbocycles. The summed E-state index contributed by atoms with van der Waals surface area (Å²) in [4.78, 5) is 9.68. The molecule has 0 amide bonds. The van der Waals surface area contributed by atoms with Gasteiger partial charge in [-0.15, -0.1) is 0 Å². The summed E-state index contributed by atoms with van der Waals surface area (Å²) in [5.41, 5.74) is 11.0. The molecule has 3 rings (SSSR count). The van der Waals surface area contributed by atoms with Gasteiger partial charge in [0.15, 0.2) is 0 Å². The lowest BCUT2D eigenvalue weighted by Crippen LogP contribution is -2.21. The highest BCUT2D eigenvalue weighted by atomic mass is 19.1. The van der Waals surface area contributed by atoms with Crippen LogP contribution in [0.4, 0.5) is 4.39 Å². The minimum absolute atomic E-state index is 0.179. The molecule has 5 heteroatoms. The second-order valence-electron chi connectivity index (χ2n) is 8.08. The monoisotopic (exact) mass is 430 g/mol. The zero-order chi connectivity index (χ0) is 23.1. The van der Waals surface area contributed by atoms with Crippen LogP contribution >= 0.6 is 0 Å². The molecule has 0 spiro atoms. The third-order valence-electron chi connectivity index (χ3n) is 6.03. The summed E-state index contributed by atoms with van der Waals surface area (Å²) < 4.78 is 15.7. The lowest BCUT2D eigenvalue weighted by molar-refractivity contribution is 0.400. The molecule has 1 fully saturated rings. The second kappa shape index (κ2) is 10.7. The minimum atomic E-state index is -0.179.